The predicted octanol–water partition coefficient (Wildman–Crippen LogP) is 2.94. The van der Waals surface area contributed by atoms with Crippen LogP contribution < -0.4 is 0 Å². The average Bonchev–Trinajstić information content (AvgIpc) is 2.80. The van der Waals surface area contributed by atoms with E-state index < -0.39 is 5.97 Å². The minimum atomic E-state index is -1.11. The van der Waals surface area contributed by atoms with Crippen molar-refractivity contribution in [2.24, 2.45) is 0 Å². The number of aryl methyl sites for hydroxylation is 1. The minimum Gasteiger partial charge on any atom is -0.477 e. The number of nitrogens with zero attached hydrogens (tertiary/aromatic N) is 3. The van der Waals surface area contributed by atoms with E-state index in [1.807, 2.05) is 0 Å². The number of oxazole rings is 1. The molecule has 0 bridgehead atoms. The number of aromatic nitrogens is 3. The Bertz CT molecular complexity index is 829. The summed E-state index contributed by atoms with van der Waals surface area (Å²) < 4.78 is 5.38. The molecular weight excluding hydrogens is 282 g/mol. The van der Waals surface area contributed by atoms with Crippen LogP contribution in [0.1, 0.15) is 16.4 Å². The Morgan fingerprint density at radius 2 is 2.10 bits per heavy atom. The molecule has 1 aromatic carbocycles. The average molecular weight is 290 g/mol. The summed E-state index contributed by atoms with van der Waals surface area (Å²) in [5.74, 6) is -0.605. The van der Waals surface area contributed by atoms with Crippen molar-refractivity contribution in [3.05, 3.63) is 41.1 Å². The highest BCUT2D eigenvalue weighted by Crippen LogP contribution is 2.30. The van der Waals surface area contributed by atoms with Gasteiger partial charge in [-0.05, 0) is 18.2 Å². The van der Waals surface area contributed by atoms with Crippen molar-refractivity contribution in [2.45, 2.75) is 6.92 Å². The standard InChI is InChI=1S/C13H8ClN3O3/c1-6-17-10-3-7(2-8(14)12(10)20-6)9-4-11(13(18)19)16-5-15-9/h2-5H,1H3,(H,18,19). The molecule has 0 spiro atoms. The van der Waals surface area contributed by atoms with Crippen LogP contribution in [0.4, 0.5) is 0 Å². The minimum absolute atomic E-state index is 0.0810. The van der Waals surface area contributed by atoms with Gasteiger partial charge in [0.25, 0.3) is 0 Å². The van der Waals surface area contributed by atoms with Crippen molar-refractivity contribution in [1.29, 1.82) is 0 Å². The van der Waals surface area contributed by atoms with Crippen LogP contribution in [-0.2, 0) is 0 Å². The third-order valence-corrected chi connectivity index (χ3v) is 3.01. The van der Waals surface area contributed by atoms with Gasteiger partial charge in [-0.1, -0.05) is 11.6 Å². The molecule has 6 nitrogen and oxygen atoms in total. The number of halogens is 1. The number of carboxylic acid groups (broad SMARTS) is 1. The SMILES string of the molecule is Cc1nc2cc(-c3cc(C(=O)O)ncn3)cc(Cl)c2o1. The molecular formula is C13H8ClN3O3. The molecule has 0 amide bonds. The van der Waals surface area contributed by atoms with Crippen molar-refractivity contribution >= 4 is 28.7 Å². The predicted molar refractivity (Wildman–Crippen MR) is 71.7 cm³/mol. The number of carboxylic acids is 1. The van der Waals surface area contributed by atoms with E-state index in [1.165, 1.54) is 12.4 Å². The Morgan fingerprint density at radius 1 is 1.30 bits per heavy atom. The molecule has 2 aromatic heterocycles. The lowest BCUT2D eigenvalue weighted by molar-refractivity contribution is 0.0690. The zero-order valence-electron chi connectivity index (χ0n) is 10.3. The van der Waals surface area contributed by atoms with Gasteiger partial charge in [0.15, 0.2) is 17.2 Å². The Labute approximate surface area is 118 Å². The van der Waals surface area contributed by atoms with Crippen LogP contribution in [0.2, 0.25) is 5.02 Å². The van der Waals surface area contributed by atoms with Gasteiger partial charge in [-0.15, -0.1) is 0 Å². The fourth-order valence-electron chi connectivity index (χ4n) is 1.88. The van der Waals surface area contributed by atoms with Gasteiger partial charge in [-0.3, -0.25) is 0 Å². The number of rotatable bonds is 2. The zero-order valence-corrected chi connectivity index (χ0v) is 11.0. The van der Waals surface area contributed by atoms with Gasteiger partial charge in [0.05, 0.1) is 10.7 Å². The molecule has 0 fully saturated rings. The molecule has 0 atom stereocenters. The van der Waals surface area contributed by atoms with E-state index in [9.17, 15) is 4.79 Å². The van der Waals surface area contributed by atoms with Gasteiger partial charge in [-0.2, -0.15) is 0 Å². The van der Waals surface area contributed by atoms with Crippen LogP contribution >= 0.6 is 11.6 Å². The van der Waals surface area contributed by atoms with Gasteiger partial charge >= 0.3 is 5.97 Å². The van der Waals surface area contributed by atoms with E-state index in [4.69, 9.17) is 21.1 Å². The second-order valence-corrected chi connectivity index (χ2v) is 4.54. The van der Waals surface area contributed by atoms with Gasteiger partial charge in [0.1, 0.15) is 11.8 Å². The van der Waals surface area contributed by atoms with Gasteiger partial charge < -0.3 is 9.52 Å². The molecule has 0 saturated heterocycles. The molecule has 3 rings (SSSR count). The Balaban J connectivity index is 2.19. The summed E-state index contributed by atoms with van der Waals surface area (Å²) in [6, 6.07) is 4.78. The van der Waals surface area contributed by atoms with E-state index in [-0.39, 0.29) is 5.69 Å². The summed E-state index contributed by atoms with van der Waals surface area (Å²) in [6.07, 6.45) is 1.20. The summed E-state index contributed by atoms with van der Waals surface area (Å²) in [5.41, 5.74) is 2.13. The van der Waals surface area contributed by atoms with Gasteiger partial charge in [0.2, 0.25) is 0 Å². The quantitative estimate of drug-likeness (QED) is 0.780. The lowest BCUT2D eigenvalue weighted by atomic mass is 10.1. The normalized spacial score (nSPS) is 10.9. The van der Waals surface area contributed by atoms with E-state index in [2.05, 4.69) is 15.0 Å². The van der Waals surface area contributed by atoms with Crippen molar-refractivity contribution in [2.75, 3.05) is 0 Å². The molecule has 0 unspecified atom stereocenters. The second-order valence-electron chi connectivity index (χ2n) is 4.13. The van der Waals surface area contributed by atoms with Crippen LogP contribution in [0.3, 0.4) is 0 Å². The maximum Gasteiger partial charge on any atom is 0.354 e. The smallest absolute Gasteiger partial charge is 0.354 e. The van der Waals surface area contributed by atoms with Crippen LogP contribution in [0.15, 0.2) is 28.9 Å². The van der Waals surface area contributed by atoms with E-state index >= 15 is 0 Å². The number of aromatic carboxylic acids is 1. The maximum atomic E-state index is 10.9. The van der Waals surface area contributed by atoms with Crippen LogP contribution in [0.5, 0.6) is 0 Å². The molecule has 0 aliphatic carbocycles. The Hall–Kier alpha value is -2.47. The van der Waals surface area contributed by atoms with Crippen LogP contribution in [0.25, 0.3) is 22.4 Å². The lowest BCUT2D eigenvalue weighted by Gasteiger charge is -2.02. The molecule has 0 radical (unpaired) electrons. The number of carbonyl (C=O) groups is 1. The largest absolute Gasteiger partial charge is 0.477 e. The fraction of sp³-hybridized carbons (Fsp3) is 0.0769. The maximum absolute atomic E-state index is 10.9. The number of fused-ring (bicyclic) bond motifs is 1. The third kappa shape index (κ3) is 2.10. The summed E-state index contributed by atoms with van der Waals surface area (Å²) in [5, 5.41) is 9.34. The molecule has 1 N–H and O–H groups in total. The highest BCUT2D eigenvalue weighted by molar-refractivity contribution is 6.35. The molecule has 2 heterocycles. The fourth-order valence-corrected chi connectivity index (χ4v) is 2.14. The lowest BCUT2D eigenvalue weighted by Crippen LogP contribution is -2.01. The van der Waals surface area contributed by atoms with Crippen molar-refractivity contribution in [3.8, 4) is 11.3 Å². The summed E-state index contributed by atoms with van der Waals surface area (Å²) in [6.45, 7) is 1.73. The number of benzene rings is 1. The molecule has 0 aliphatic heterocycles. The first kappa shape index (κ1) is 12.6. The molecule has 0 aliphatic rings. The van der Waals surface area contributed by atoms with Crippen LogP contribution in [0, 0.1) is 6.92 Å². The Kier molecular flexibility index (Phi) is 2.87. The first-order chi connectivity index (χ1) is 9.54. The summed E-state index contributed by atoms with van der Waals surface area (Å²) in [7, 11) is 0. The monoisotopic (exact) mass is 289 g/mol. The first-order valence-electron chi connectivity index (χ1n) is 5.67. The van der Waals surface area contributed by atoms with Gasteiger partial charge in [-0.25, -0.2) is 19.7 Å². The van der Waals surface area contributed by atoms with E-state index in [0.29, 0.717) is 33.3 Å². The highest BCUT2D eigenvalue weighted by Gasteiger charge is 2.12. The molecule has 0 saturated carbocycles. The van der Waals surface area contributed by atoms with E-state index in [1.54, 1.807) is 19.1 Å². The number of hydrogen-bond acceptors (Lipinski definition) is 5. The molecule has 20 heavy (non-hydrogen) atoms. The number of hydrogen-bond donors (Lipinski definition) is 1. The summed E-state index contributed by atoms with van der Waals surface area (Å²) in [4.78, 5) is 22.9. The third-order valence-electron chi connectivity index (χ3n) is 2.73. The van der Waals surface area contributed by atoms with E-state index in [0.717, 1.165) is 0 Å². The van der Waals surface area contributed by atoms with Crippen molar-refractivity contribution < 1.29 is 14.3 Å². The van der Waals surface area contributed by atoms with Gasteiger partial charge in [0, 0.05) is 12.5 Å². The van der Waals surface area contributed by atoms with Crippen LogP contribution in [-0.4, -0.2) is 26.0 Å². The van der Waals surface area contributed by atoms with Crippen molar-refractivity contribution in [1.82, 2.24) is 15.0 Å². The molecule has 7 heteroatoms. The second kappa shape index (κ2) is 4.57. The zero-order chi connectivity index (χ0) is 14.3. The molecule has 3 aromatic rings. The van der Waals surface area contributed by atoms with Crippen molar-refractivity contribution in [3.63, 3.8) is 0 Å². The molecule has 100 valence electrons. The highest BCUT2D eigenvalue weighted by atomic mass is 35.5. The first-order valence-corrected chi connectivity index (χ1v) is 6.05. The topological polar surface area (TPSA) is 89.1 Å². The summed E-state index contributed by atoms with van der Waals surface area (Å²) >= 11 is 6.13. The Morgan fingerprint density at radius 3 is 2.85 bits per heavy atom.